The van der Waals surface area contributed by atoms with Crippen molar-refractivity contribution in [3.8, 4) is 6.07 Å². The van der Waals surface area contributed by atoms with Crippen LogP contribution in [0.4, 0.5) is 0 Å². The van der Waals surface area contributed by atoms with Crippen LogP contribution >= 0.6 is 0 Å². The number of hydrogen-bond acceptors (Lipinski definition) is 5. The highest BCUT2D eigenvalue weighted by atomic mass is 16.5. The molecule has 1 saturated heterocycles. The lowest BCUT2D eigenvalue weighted by Crippen LogP contribution is -2.45. The van der Waals surface area contributed by atoms with Gasteiger partial charge in [-0.2, -0.15) is 5.26 Å². The van der Waals surface area contributed by atoms with E-state index in [-0.39, 0.29) is 24.3 Å². The van der Waals surface area contributed by atoms with Gasteiger partial charge in [0.05, 0.1) is 6.10 Å². The molecule has 1 aliphatic heterocycles. The van der Waals surface area contributed by atoms with E-state index in [1.807, 2.05) is 0 Å². The summed E-state index contributed by atoms with van der Waals surface area (Å²) in [7, 11) is 0. The van der Waals surface area contributed by atoms with Crippen molar-refractivity contribution in [3.05, 3.63) is 32.6 Å². The Labute approximate surface area is 132 Å². The zero-order valence-corrected chi connectivity index (χ0v) is 12.7. The van der Waals surface area contributed by atoms with Gasteiger partial charge in [-0.05, 0) is 25.7 Å². The summed E-state index contributed by atoms with van der Waals surface area (Å²) in [6.07, 6.45) is 4.82. The molecule has 0 unspecified atom stereocenters. The number of amides is 1. The predicted octanol–water partition coefficient (Wildman–Crippen LogP) is -0.488. The van der Waals surface area contributed by atoms with Gasteiger partial charge < -0.3 is 10.1 Å². The molecule has 3 rings (SSSR count). The summed E-state index contributed by atoms with van der Waals surface area (Å²) < 4.78 is 7.62. The van der Waals surface area contributed by atoms with Crippen molar-refractivity contribution < 1.29 is 9.53 Å². The van der Waals surface area contributed by atoms with Crippen LogP contribution in [0, 0.1) is 11.3 Å². The highest BCUT2D eigenvalue weighted by Gasteiger charge is 2.27. The molecule has 1 saturated carbocycles. The van der Waals surface area contributed by atoms with Crippen molar-refractivity contribution >= 4 is 5.91 Å². The third-order valence-corrected chi connectivity index (χ3v) is 4.11. The van der Waals surface area contributed by atoms with Gasteiger partial charge in [0.15, 0.2) is 0 Å². The first-order valence-electron chi connectivity index (χ1n) is 7.74. The van der Waals surface area contributed by atoms with Crippen LogP contribution in [0.15, 0.2) is 15.8 Å². The normalized spacial score (nSPS) is 20.2. The largest absolute Gasteiger partial charge is 0.376 e. The SMILES string of the molecule is N#Cc1cn(C2CC2)c(=O)n(CC(=O)NC[C@H]2CCCO2)c1=O. The second kappa shape index (κ2) is 6.38. The molecule has 1 amide bonds. The van der Waals surface area contributed by atoms with E-state index in [0.717, 1.165) is 30.3 Å². The van der Waals surface area contributed by atoms with Crippen LogP contribution in [0.1, 0.15) is 37.3 Å². The van der Waals surface area contributed by atoms with Crippen LogP contribution in [0.25, 0.3) is 0 Å². The Bertz CT molecular complexity index is 763. The van der Waals surface area contributed by atoms with Crippen molar-refractivity contribution in [1.82, 2.24) is 14.5 Å². The van der Waals surface area contributed by atoms with Gasteiger partial charge in [0.25, 0.3) is 5.56 Å². The molecule has 1 aromatic heterocycles. The number of aromatic nitrogens is 2. The standard InChI is InChI=1S/C15H18N4O4/c16-6-10-8-18(11-3-4-11)15(22)19(14(10)21)9-13(20)17-7-12-2-1-5-23-12/h8,11-12H,1-5,7,9H2,(H,17,20)/t12-/m1/s1. The molecule has 0 radical (unpaired) electrons. The molecule has 2 heterocycles. The molecule has 1 N–H and O–H groups in total. The Morgan fingerprint density at radius 3 is 2.78 bits per heavy atom. The first-order chi connectivity index (χ1) is 11.1. The van der Waals surface area contributed by atoms with E-state index in [1.54, 1.807) is 6.07 Å². The van der Waals surface area contributed by atoms with Crippen LogP contribution in [-0.4, -0.2) is 34.3 Å². The molecule has 0 bridgehead atoms. The van der Waals surface area contributed by atoms with Gasteiger partial charge in [-0.1, -0.05) is 0 Å². The molecule has 0 spiro atoms. The molecule has 1 aromatic rings. The summed E-state index contributed by atoms with van der Waals surface area (Å²) in [4.78, 5) is 36.5. The van der Waals surface area contributed by atoms with Crippen LogP contribution in [-0.2, 0) is 16.1 Å². The molecule has 2 aliphatic rings. The van der Waals surface area contributed by atoms with Gasteiger partial charge in [-0.15, -0.1) is 0 Å². The maximum atomic E-state index is 12.3. The quantitative estimate of drug-likeness (QED) is 0.788. The molecule has 1 atom stereocenters. The molecule has 2 fully saturated rings. The second-order valence-corrected chi connectivity index (χ2v) is 5.91. The number of hydrogen-bond donors (Lipinski definition) is 1. The number of nitrogens with one attached hydrogen (secondary N) is 1. The molecule has 8 heteroatoms. The van der Waals surface area contributed by atoms with Gasteiger partial charge in [-0.25, -0.2) is 9.36 Å². The topological polar surface area (TPSA) is 106 Å². The summed E-state index contributed by atoms with van der Waals surface area (Å²) in [5.74, 6) is -0.433. The van der Waals surface area contributed by atoms with Gasteiger partial charge in [0, 0.05) is 25.4 Å². The third-order valence-electron chi connectivity index (χ3n) is 4.11. The minimum absolute atomic E-state index is 0.00997. The highest BCUT2D eigenvalue weighted by Crippen LogP contribution is 2.33. The number of rotatable bonds is 5. The summed E-state index contributed by atoms with van der Waals surface area (Å²) in [6.45, 7) is 0.672. The average Bonchev–Trinajstić information content (AvgIpc) is 3.25. The van der Waals surface area contributed by atoms with E-state index in [1.165, 1.54) is 10.8 Å². The van der Waals surface area contributed by atoms with E-state index < -0.39 is 17.2 Å². The minimum atomic E-state index is -0.721. The van der Waals surface area contributed by atoms with E-state index in [0.29, 0.717) is 13.2 Å². The van der Waals surface area contributed by atoms with Crippen molar-refractivity contribution in [2.24, 2.45) is 0 Å². The van der Waals surface area contributed by atoms with Crippen LogP contribution in [0.3, 0.4) is 0 Å². The van der Waals surface area contributed by atoms with E-state index in [2.05, 4.69) is 5.32 Å². The molecule has 0 aromatic carbocycles. The molecular formula is C15H18N4O4. The summed E-state index contributed by atoms with van der Waals surface area (Å²) in [5, 5.41) is 11.7. The van der Waals surface area contributed by atoms with E-state index in [4.69, 9.17) is 10.00 Å². The lowest BCUT2D eigenvalue weighted by atomic mass is 10.2. The molecule has 122 valence electrons. The van der Waals surface area contributed by atoms with Crippen LogP contribution in [0.5, 0.6) is 0 Å². The number of ether oxygens (including phenoxy) is 1. The van der Waals surface area contributed by atoms with Gasteiger partial charge in [0.2, 0.25) is 5.91 Å². The molecule has 8 nitrogen and oxygen atoms in total. The first kappa shape index (κ1) is 15.5. The van der Waals surface area contributed by atoms with E-state index in [9.17, 15) is 14.4 Å². The van der Waals surface area contributed by atoms with Crippen molar-refractivity contribution in [2.45, 2.75) is 44.4 Å². The molecule has 1 aliphatic carbocycles. The number of nitriles is 1. The maximum Gasteiger partial charge on any atom is 0.331 e. The molecule has 23 heavy (non-hydrogen) atoms. The zero-order valence-electron chi connectivity index (χ0n) is 12.7. The monoisotopic (exact) mass is 318 g/mol. The third kappa shape index (κ3) is 3.35. The first-order valence-corrected chi connectivity index (χ1v) is 7.74. The van der Waals surface area contributed by atoms with Crippen LogP contribution in [0.2, 0.25) is 0 Å². The minimum Gasteiger partial charge on any atom is -0.376 e. The average molecular weight is 318 g/mol. The fourth-order valence-electron chi connectivity index (χ4n) is 2.68. The summed E-state index contributed by atoms with van der Waals surface area (Å²) in [6, 6.07) is 1.82. The summed E-state index contributed by atoms with van der Waals surface area (Å²) in [5.41, 5.74) is -1.38. The zero-order chi connectivity index (χ0) is 16.4. The lowest BCUT2D eigenvalue weighted by molar-refractivity contribution is -0.122. The Morgan fingerprint density at radius 1 is 1.39 bits per heavy atom. The second-order valence-electron chi connectivity index (χ2n) is 5.91. The highest BCUT2D eigenvalue weighted by molar-refractivity contribution is 5.75. The van der Waals surface area contributed by atoms with Gasteiger partial charge in [0.1, 0.15) is 18.2 Å². The van der Waals surface area contributed by atoms with E-state index >= 15 is 0 Å². The Hall–Kier alpha value is -2.40. The Morgan fingerprint density at radius 2 is 2.17 bits per heavy atom. The Balaban J connectivity index is 1.77. The Kier molecular flexibility index (Phi) is 4.30. The number of carbonyl (C=O) groups excluding carboxylic acids is 1. The van der Waals surface area contributed by atoms with Crippen molar-refractivity contribution in [2.75, 3.05) is 13.2 Å². The fraction of sp³-hybridized carbons (Fsp3) is 0.600. The summed E-state index contributed by atoms with van der Waals surface area (Å²) >= 11 is 0. The van der Waals surface area contributed by atoms with Crippen molar-refractivity contribution in [3.63, 3.8) is 0 Å². The van der Waals surface area contributed by atoms with Gasteiger partial charge >= 0.3 is 5.69 Å². The lowest BCUT2D eigenvalue weighted by Gasteiger charge is -2.12. The number of nitrogens with zero attached hydrogens (tertiary/aromatic N) is 3. The van der Waals surface area contributed by atoms with Gasteiger partial charge in [-0.3, -0.25) is 14.2 Å². The van der Waals surface area contributed by atoms with Crippen LogP contribution < -0.4 is 16.6 Å². The molecular weight excluding hydrogens is 300 g/mol. The number of carbonyl (C=O) groups is 1. The smallest absolute Gasteiger partial charge is 0.331 e. The maximum absolute atomic E-state index is 12.3. The van der Waals surface area contributed by atoms with Crippen molar-refractivity contribution in [1.29, 1.82) is 5.26 Å². The predicted molar refractivity (Wildman–Crippen MR) is 79.9 cm³/mol. The fourth-order valence-corrected chi connectivity index (χ4v) is 2.68.